The van der Waals surface area contributed by atoms with Gasteiger partial charge in [0.1, 0.15) is 12.4 Å². The van der Waals surface area contributed by atoms with Crippen molar-refractivity contribution in [2.75, 3.05) is 25.6 Å². The first-order valence-corrected chi connectivity index (χ1v) is 6.60. The topological polar surface area (TPSA) is 30.5 Å². The van der Waals surface area contributed by atoms with Crippen LogP contribution in [0.25, 0.3) is 0 Å². The third-order valence-corrected chi connectivity index (χ3v) is 2.65. The third kappa shape index (κ3) is 5.92. The molecule has 1 N–H and O–H groups in total. The molecule has 0 aliphatic carbocycles. The van der Waals surface area contributed by atoms with E-state index < -0.39 is 0 Å². The van der Waals surface area contributed by atoms with Gasteiger partial charge in [0.05, 0.1) is 6.61 Å². The molecule has 0 spiro atoms. The molecule has 0 saturated heterocycles. The number of ether oxygens (including phenoxy) is 2. The lowest BCUT2D eigenvalue weighted by atomic mass is 10.1. The highest BCUT2D eigenvalue weighted by Gasteiger charge is 2.04. The number of methoxy groups -OCH3 is 1. The quantitative estimate of drug-likeness (QED) is 0.717. The number of hydrogen-bond donors (Lipinski definition) is 1. The van der Waals surface area contributed by atoms with E-state index in [1.54, 1.807) is 7.11 Å². The minimum atomic E-state index is 0.491. The Labute approximate surface area is 110 Å². The van der Waals surface area contributed by atoms with Crippen LogP contribution in [-0.2, 0) is 4.74 Å². The van der Waals surface area contributed by atoms with Crippen LogP contribution in [0.2, 0.25) is 0 Å². The van der Waals surface area contributed by atoms with Crippen molar-refractivity contribution in [2.24, 2.45) is 5.92 Å². The molecule has 1 atom stereocenters. The average molecular weight is 251 g/mol. The maximum absolute atomic E-state index is 5.52. The lowest BCUT2D eigenvalue weighted by molar-refractivity contribution is 0.146. The van der Waals surface area contributed by atoms with Crippen molar-refractivity contribution < 1.29 is 9.47 Å². The normalized spacial score (nSPS) is 12.5. The van der Waals surface area contributed by atoms with Crippen LogP contribution in [0.15, 0.2) is 24.3 Å². The Morgan fingerprint density at radius 1 is 1.06 bits per heavy atom. The maximum atomic E-state index is 5.52. The minimum absolute atomic E-state index is 0.491. The van der Waals surface area contributed by atoms with Crippen LogP contribution in [0, 0.1) is 5.92 Å². The van der Waals surface area contributed by atoms with Crippen molar-refractivity contribution in [3.05, 3.63) is 24.3 Å². The fourth-order valence-electron chi connectivity index (χ4n) is 1.94. The molecular formula is C15H25NO2. The second kappa shape index (κ2) is 7.98. The molecule has 0 amide bonds. The second-order valence-corrected chi connectivity index (χ2v) is 5.04. The Kier molecular flexibility index (Phi) is 6.58. The summed E-state index contributed by atoms with van der Waals surface area (Å²) in [7, 11) is 1.67. The van der Waals surface area contributed by atoms with Gasteiger partial charge >= 0.3 is 0 Å². The summed E-state index contributed by atoms with van der Waals surface area (Å²) in [6.45, 7) is 7.90. The molecule has 0 aliphatic rings. The molecule has 0 bridgehead atoms. The molecule has 0 fully saturated rings. The molecule has 1 unspecified atom stereocenters. The van der Waals surface area contributed by atoms with Crippen LogP contribution in [-0.4, -0.2) is 26.4 Å². The summed E-state index contributed by atoms with van der Waals surface area (Å²) in [5.74, 6) is 1.60. The molecule has 0 aliphatic heterocycles. The molecule has 3 heteroatoms. The summed E-state index contributed by atoms with van der Waals surface area (Å²) >= 11 is 0. The lowest BCUT2D eigenvalue weighted by Gasteiger charge is -2.17. The largest absolute Gasteiger partial charge is 0.491 e. The zero-order chi connectivity index (χ0) is 13.4. The van der Waals surface area contributed by atoms with E-state index in [1.165, 1.54) is 6.42 Å². The zero-order valence-electron chi connectivity index (χ0n) is 11.9. The van der Waals surface area contributed by atoms with Crippen molar-refractivity contribution >= 4 is 5.69 Å². The molecule has 1 aromatic carbocycles. The fraction of sp³-hybridized carbons (Fsp3) is 0.600. The Balaban J connectivity index is 2.39. The summed E-state index contributed by atoms with van der Waals surface area (Å²) in [5.41, 5.74) is 1.14. The molecule has 1 rings (SSSR count). The van der Waals surface area contributed by atoms with Crippen LogP contribution < -0.4 is 10.1 Å². The molecule has 102 valence electrons. The number of anilines is 1. The van der Waals surface area contributed by atoms with E-state index in [0.29, 0.717) is 25.2 Å². The van der Waals surface area contributed by atoms with Crippen molar-refractivity contribution in [1.29, 1.82) is 0 Å². The SMILES string of the molecule is COCCOc1ccc(NC(C)CC(C)C)cc1. The Morgan fingerprint density at radius 2 is 1.72 bits per heavy atom. The van der Waals surface area contributed by atoms with Crippen molar-refractivity contribution in [3.63, 3.8) is 0 Å². The molecular weight excluding hydrogens is 226 g/mol. The lowest BCUT2D eigenvalue weighted by Crippen LogP contribution is -2.17. The van der Waals surface area contributed by atoms with Gasteiger partial charge < -0.3 is 14.8 Å². The molecule has 3 nitrogen and oxygen atoms in total. The predicted octanol–water partition coefficient (Wildman–Crippen LogP) is 3.56. The van der Waals surface area contributed by atoms with E-state index in [1.807, 2.05) is 12.1 Å². The maximum Gasteiger partial charge on any atom is 0.119 e. The summed E-state index contributed by atoms with van der Waals surface area (Å²) in [6, 6.07) is 8.57. The Bertz CT molecular complexity index is 322. The summed E-state index contributed by atoms with van der Waals surface area (Å²) < 4.78 is 10.5. The highest BCUT2D eigenvalue weighted by atomic mass is 16.5. The summed E-state index contributed by atoms with van der Waals surface area (Å²) in [4.78, 5) is 0. The Morgan fingerprint density at radius 3 is 2.28 bits per heavy atom. The first kappa shape index (κ1) is 14.8. The van der Waals surface area contributed by atoms with Gasteiger partial charge in [0.15, 0.2) is 0 Å². The van der Waals surface area contributed by atoms with Crippen molar-refractivity contribution in [3.8, 4) is 5.75 Å². The molecule has 0 aromatic heterocycles. The highest BCUT2D eigenvalue weighted by molar-refractivity contribution is 5.46. The third-order valence-electron chi connectivity index (χ3n) is 2.65. The van der Waals surface area contributed by atoms with Crippen LogP contribution >= 0.6 is 0 Å². The molecule has 0 radical (unpaired) electrons. The molecule has 18 heavy (non-hydrogen) atoms. The van der Waals surface area contributed by atoms with Crippen molar-refractivity contribution in [1.82, 2.24) is 0 Å². The fourth-order valence-corrected chi connectivity index (χ4v) is 1.94. The number of hydrogen-bond acceptors (Lipinski definition) is 3. The predicted molar refractivity (Wildman–Crippen MR) is 76.4 cm³/mol. The van der Waals surface area contributed by atoms with E-state index in [0.717, 1.165) is 11.4 Å². The van der Waals surface area contributed by atoms with Gasteiger partial charge in [-0.05, 0) is 43.5 Å². The summed E-state index contributed by atoms with van der Waals surface area (Å²) in [6.07, 6.45) is 1.17. The van der Waals surface area contributed by atoms with Crippen LogP contribution in [0.3, 0.4) is 0 Å². The van der Waals surface area contributed by atoms with Gasteiger partial charge in [-0.25, -0.2) is 0 Å². The van der Waals surface area contributed by atoms with Crippen LogP contribution in [0.1, 0.15) is 27.2 Å². The van der Waals surface area contributed by atoms with E-state index in [2.05, 4.69) is 38.2 Å². The van der Waals surface area contributed by atoms with E-state index in [4.69, 9.17) is 9.47 Å². The van der Waals surface area contributed by atoms with Gasteiger partial charge in [0.25, 0.3) is 0 Å². The second-order valence-electron chi connectivity index (χ2n) is 5.04. The van der Waals surface area contributed by atoms with E-state index in [-0.39, 0.29) is 0 Å². The molecule has 0 heterocycles. The van der Waals surface area contributed by atoms with Crippen molar-refractivity contribution in [2.45, 2.75) is 33.2 Å². The number of rotatable bonds is 8. The zero-order valence-corrected chi connectivity index (χ0v) is 11.9. The first-order chi connectivity index (χ1) is 8.61. The Hall–Kier alpha value is -1.22. The van der Waals surface area contributed by atoms with Gasteiger partial charge in [-0.3, -0.25) is 0 Å². The number of benzene rings is 1. The van der Waals surface area contributed by atoms with Gasteiger partial charge in [-0.2, -0.15) is 0 Å². The van der Waals surface area contributed by atoms with Gasteiger partial charge in [0.2, 0.25) is 0 Å². The van der Waals surface area contributed by atoms with E-state index >= 15 is 0 Å². The van der Waals surface area contributed by atoms with Gasteiger partial charge in [0, 0.05) is 18.8 Å². The highest BCUT2D eigenvalue weighted by Crippen LogP contribution is 2.17. The average Bonchev–Trinajstić information content (AvgIpc) is 2.30. The first-order valence-electron chi connectivity index (χ1n) is 6.60. The summed E-state index contributed by atoms with van der Waals surface area (Å²) in [5, 5.41) is 3.49. The standard InChI is InChI=1S/C15H25NO2/c1-12(2)11-13(3)16-14-5-7-15(8-6-14)18-10-9-17-4/h5-8,12-13,16H,9-11H2,1-4H3. The molecule has 0 saturated carbocycles. The monoisotopic (exact) mass is 251 g/mol. The number of nitrogens with one attached hydrogen (secondary N) is 1. The van der Waals surface area contributed by atoms with Gasteiger partial charge in [-0.15, -0.1) is 0 Å². The smallest absolute Gasteiger partial charge is 0.119 e. The van der Waals surface area contributed by atoms with E-state index in [9.17, 15) is 0 Å². The van der Waals surface area contributed by atoms with Crippen LogP contribution in [0.5, 0.6) is 5.75 Å². The van der Waals surface area contributed by atoms with Crippen LogP contribution in [0.4, 0.5) is 5.69 Å². The van der Waals surface area contributed by atoms with Gasteiger partial charge in [-0.1, -0.05) is 13.8 Å². The minimum Gasteiger partial charge on any atom is -0.491 e. The molecule has 1 aromatic rings.